The number of benzene rings is 2. The average molecular weight is 338 g/mol. The van der Waals surface area contributed by atoms with Crippen LogP contribution < -0.4 is 5.32 Å². The molecule has 0 saturated carbocycles. The van der Waals surface area contributed by atoms with Gasteiger partial charge >= 0.3 is 0 Å². The normalized spacial score (nSPS) is 16.0. The highest BCUT2D eigenvalue weighted by molar-refractivity contribution is 5.98. The van der Waals surface area contributed by atoms with Gasteiger partial charge in [-0.25, -0.2) is 4.39 Å². The molecule has 0 fully saturated rings. The second-order valence-corrected chi connectivity index (χ2v) is 5.86. The molecule has 0 saturated heterocycles. The molecular formula is C20H19FN2O2. The Morgan fingerprint density at radius 1 is 1.08 bits per heavy atom. The molecule has 128 valence electrons. The van der Waals surface area contributed by atoms with Crippen molar-refractivity contribution in [2.24, 2.45) is 0 Å². The first-order valence-corrected chi connectivity index (χ1v) is 8.20. The minimum atomic E-state index is -0.631. The van der Waals surface area contributed by atoms with Crippen molar-refractivity contribution in [1.82, 2.24) is 10.2 Å². The molecule has 1 aliphatic heterocycles. The molecule has 0 aliphatic carbocycles. The lowest BCUT2D eigenvalue weighted by Crippen LogP contribution is -2.46. The lowest BCUT2D eigenvalue weighted by atomic mass is 10.1. The smallest absolute Gasteiger partial charge is 0.255 e. The van der Waals surface area contributed by atoms with Crippen LogP contribution in [0.3, 0.4) is 0 Å². The van der Waals surface area contributed by atoms with Crippen molar-refractivity contribution in [3.63, 3.8) is 0 Å². The molecule has 0 aromatic heterocycles. The zero-order chi connectivity index (χ0) is 17.6. The van der Waals surface area contributed by atoms with E-state index in [4.69, 9.17) is 0 Å². The number of carbonyl (C=O) groups is 2. The summed E-state index contributed by atoms with van der Waals surface area (Å²) in [5.74, 6) is -0.889. The van der Waals surface area contributed by atoms with E-state index in [0.717, 1.165) is 12.0 Å². The van der Waals surface area contributed by atoms with Crippen molar-refractivity contribution in [1.29, 1.82) is 0 Å². The van der Waals surface area contributed by atoms with Crippen molar-refractivity contribution < 1.29 is 14.0 Å². The van der Waals surface area contributed by atoms with Gasteiger partial charge in [0.05, 0.1) is 0 Å². The van der Waals surface area contributed by atoms with Gasteiger partial charge in [-0.2, -0.15) is 0 Å². The van der Waals surface area contributed by atoms with E-state index in [0.29, 0.717) is 18.7 Å². The largest absolute Gasteiger partial charge is 0.354 e. The minimum absolute atomic E-state index is 0.208. The Morgan fingerprint density at radius 2 is 1.80 bits per heavy atom. The fraction of sp³-hybridized carbons (Fsp3) is 0.200. The third-order valence-electron chi connectivity index (χ3n) is 4.13. The maximum atomic E-state index is 13.0. The van der Waals surface area contributed by atoms with Crippen LogP contribution in [0.5, 0.6) is 0 Å². The van der Waals surface area contributed by atoms with Gasteiger partial charge in [0.2, 0.25) is 5.91 Å². The molecule has 4 nitrogen and oxygen atoms in total. The molecule has 1 heterocycles. The van der Waals surface area contributed by atoms with E-state index < -0.39 is 11.9 Å². The number of nitrogens with zero attached hydrogens (tertiary/aromatic N) is 1. The third kappa shape index (κ3) is 4.12. The number of halogens is 1. The van der Waals surface area contributed by atoms with E-state index in [2.05, 4.69) is 5.32 Å². The minimum Gasteiger partial charge on any atom is -0.354 e. The van der Waals surface area contributed by atoms with Crippen molar-refractivity contribution in [3.8, 4) is 0 Å². The molecule has 0 spiro atoms. The Bertz CT molecular complexity index is 772. The molecule has 2 aromatic rings. The molecule has 1 N–H and O–H groups in total. The van der Waals surface area contributed by atoms with Gasteiger partial charge in [0, 0.05) is 18.7 Å². The average Bonchev–Trinajstić information content (AvgIpc) is 3.12. The Hall–Kier alpha value is -2.95. The highest BCUT2D eigenvalue weighted by Crippen LogP contribution is 2.15. The molecule has 0 radical (unpaired) electrons. The van der Waals surface area contributed by atoms with E-state index in [1.54, 1.807) is 12.2 Å². The van der Waals surface area contributed by atoms with Crippen molar-refractivity contribution >= 4 is 11.8 Å². The zero-order valence-corrected chi connectivity index (χ0v) is 13.7. The number of rotatable bonds is 5. The monoisotopic (exact) mass is 338 g/mol. The first-order chi connectivity index (χ1) is 12.1. The van der Waals surface area contributed by atoms with E-state index in [-0.39, 0.29) is 11.8 Å². The second kappa shape index (κ2) is 7.75. The van der Waals surface area contributed by atoms with E-state index in [1.165, 1.54) is 29.2 Å². The molecule has 1 atom stereocenters. The lowest BCUT2D eigenvalue weighted by molar-refractivity contribution is -0.123. The summed E-state index contributed by atoms with van der Waals surface area (Å²) >= 11 is 0. The number of nitrogens with one attached hydrogen (secondary N) is 1. The maximum absolute atomic E-state index is 13.0. The zero-order valence-electron chi connectivity index (χ0n) is 13.7. The first-order valence-electron chi connectivity index (χ1n) is 8.20. The van der Waals surface area contributed by atoms with Crippen molar-refractivity contribution in [2.45, 2.75) is 12.5 Å². The van der Waals surface area contributed by atoms with E-state index >= 15 is 0 Å². The third-order valence-corrected chi connectivity index (χ3v) is 4.13. The standard InChI is InChI=1S/C20H19FN2O2/c21-17-10-8-16(9-11-17)20(25)23-14-4-7-18(23)19(24)22-13-12-15-5-2-1-3-6-15/h1-11,18H,12-14H2,(H,22,24)/t18-/m0/s1. The first kappa shape index (κ1) is 16.9. The fourth-order valence-corrected chi connectivity index (χ4v) is 2.80. The Balaban J connectivity index is 1.58. The summed E-state index contributed by atoms with van der Waals surface area (Å²) in [6, 6.07) is 14.6. The maximum Gasteiger partial charge on any atom is 0.255 e. The number of amides is 2. The van der Waals surface area contributed by atoms with Crippen molar-refractivity contribution in [3.05, 3.63) is 83.7 Å². The van der Waals surface area contributed by atoms with Crippen LogP contribution in [0.15, 0.2) is 66.7 Å². The summed E-state index contributed by atoms with van der Waals surface area (Å²) in [6.07, 6.45) is 4.25. The molecule has 5 heteroatoms. The molecule has 0 bridgehead atoms. The highest BCUT2D eigenvalue weighted by Gasteiger charge is 2.30. The molecule has 0 unspecified atom stereocenters. The van der Waals surface area contributed by atoms with Gasteiger partial charge in [-0.05, 0) is 36.2 Å². The fourth-order valence-electron chi connectivity index (χ4n) is 2.80. The molecule has 3 rings (SSSR count). The van der Waals surface area contributed by atoms with E-state index in [1.807, 2.05) is 30.3 Å². The van der Waals surface area contributed by atoms with Gasteiger partial charge in [-0.3, -0.25) is 9.59 Å². The number of hydrogen-bond donors (Lipinski definition) is 1. The van der Waals surface area contributed by atoms with Gasteiger partial charge in [-0.1, -0.05) is 42.5 Å². The van der Waals surface area contributed by atoms with E-state index in [9.17, 15) is 14.0 Å². The van der Waals surface area contributed by atoms with Crippen LogP contribution in [-0.2, 0) is 11.2 Å². The van der Waals surface area contributed by atoms with Gasteiger partial charge in [-0.15, -0.1) is 0 Å². The van der Waals surface area contributed by atoms with Crippen LogP contribution in [0.4, 0.5) is 4.39 Å². The van der Waals surface area contributed by atoms with Gasteiger partial charge in [0.1, 0.15) is 11.9 Å². The quantitative estimate of drug-likeness (QED) is 0.852. The number of carbonyl (C=O) groups excluding carboxylic acids is 2. The molecule has 2 aromatic carbocycles. The summed E-state index contributed by atoms with van der Waals surface area (Å²) in [5.41, 5.74) is 1.51. The Labute approximate surface area is 146 Å². The molecular weight excluding hydrogens is 319 g/mol. The Kier molecular flexibility index (Phi) is 5.23. The molecule has 2 amide bonds. The highest BCUT2D eigenvalue weighted by atomic mass is 19.1. The van der Waals surface area contributed by atoms with Gasteiger partial charge in [0.15, 0.2) is 0 Å². The second-order valence-electron chi connectivity index (χ2n) is 5.86. The lowest BCUT2D eigenvalue weighted by Gasteiger charge is -2.24. The summed E-state index contributed by atoms with van der Waals surface area (Å²) in [5, 5.41) is 2.87. The Morgan fingerprint density at radius 3 is 2.52 bits per heavy atom. The summed E-state index contributed by atoms with van der Waals surface area (Å²) in [4.78, 5) is 26.4. The summed E-state index contributed by atoms with van der Waals surface area (Å²) in [6.45, 7) is 0.874. The summed E-state index contributed by atoms with van der Waals surface area (Å²) in [7, 11) is 0. The predicted octanol–water partition coefficient (Wildman–Crippen LogP) is 2.57. The molecule has 25 heavy (non-hydrogen) atoms. The van der Waals surface area contributed by atoms with Crippen LogP contribution in [0.2, 0.25) is 0 Å². The molecule has 1 aliphatic rings. The van der Waals surface area contributed by atoms with Crippen LogP contribution in [-0.4, -0.2) is 35.8 Å². The predicted molar refractivity (Wildman–Crippen MR) is 93.5 cm³/mol. The van der Waals surface area contributed by atoms with Gasteiger partial charge in [0.25, 0.3) is 5.91 Å². The van der Waals surface area contributed by atoms with Crippen LogP contribution in [0.1, 0.15) is 15.9 Å². The van der Waals surface area contributed by atoms with Crippen LogP contribution >= 0.6 is 0 Å². The van der Waals surface area contributed by atoms with Crippen LogP contribution in [0.25, 0.3) is 0 Å². The topological polar surface area (TPSA) is 49.4 Å². The van der Waals surface area contributed by atoms with Gasteiger partial charge < -0.3 is 10.2 Å². The number of hydrogen-bond acceptors (Lipinski definition) is 2. The SMILES string of the molecule is O=C(NCCc1ccccc1)[C@@H]1C=CCN1C(=O)c1ccc(F)cc1. The summed E-state index contributed by atoms with van der Waals surface area (Å²) < 4.78 is 13.0. The van der Waals surface area contributed by atoms with Crippen LogP contribution in [0, 0.1) is 5.82 Å². The van der Waals surface area contributed by atoms with Crippen molar-refractivity contribution in [2.75, 3.05) is 13.1 Å².